The standard InChI is InChI=1S/C30H35F3N4/c1-20(37-13-10-27-22(19-37)14-24(17-35-27)30(31,32)33)29-11-5-6-23(29)15-25(16-29)34-12-9-21-18-36(2)28-8-4-3-7-26(21)28/h3-4,7-8,14,17-18,23,25,34H,1,5-6,9-13,15-16,19H2,2H3. The summed E-state index contributed by atoms with van der Waals surface area (Å²) in [6.07, 6.45) is 6.27. The quantitative estimate of drug-likeness (QED) is 0.428. The van der Waals surface area contributed by atoms with Crippen LogP contribution in [-0.4, -0.2) is 33.6 Å². The van der Waals surface area contributed by atoms with E-state index in [1.54, 1.807) is 0 Å². The molecule has 3 atom stereocenters. The van der Waals surface area contributed by atoms with Gasteiger partial charge in [0, 0.05) is 72.7 Å². The fourth-order valence-electron chi connectivity index (χ4n) is 7.44. The molecule has 6 rings (SSSR count). The van der Waals surface area contributed by atoms with Crippen LogP contribution in [0.5, 0.6) is 0 Å². The third-order valence-electron chi connectivity index (χ3n) is 9.27. The van der Waals surface area contributed by atoms with Crippen LogP contribution in [0.25, 0.3) is 10.9 Å². The highest BCUT2D eigenvalue weighted by Crippen LogP contribution is 2.59. The second-order valence-electron chi connectivity index (χ2n) is 11.3. The van der Waals surface area contributed by atoms with Crippen LogP contribution in [-0.2, 0) is 32.6 Å². The number of halogens is 3. The normalized spacial score (nSPS) is 25.5. The molecule has 0 radical (unpaired) electrons. The van der Waals surface area contributed by atoms with E-state index >= 15 is 0 Å². The van der Waals surface area contributed by atoms with Gasteiger partial charge in [0.25, 0.3) is 0 Å². The minimum Gasteiger partial charge on any atom is -0.370 e. The van der Waals surface area contributed by atoms with Crippen LogP contribution in [0.2, 0.25) is 0 Å². The summed E-state index contributed by atoms with van der Waals surface area (Å²) in [6.45, 7) is 6.78. The van der Waals surface area contributed by atoms with Gasteiger partial charge in [-0.1, -0.05) is 31.2 Å². The van der Waals surface area contributed by atoms with E-state index in [1.165, 1.54) is 35.4 Å². The average molecular weight is 509 g/mol. The molecular formula is C30H35F3N4. The van der Waals surface area contributed by atoms with Gasteiger partial charge in [-0.05, 0) is 67.8 Å². The molecule has 1 aliphatic heterocycles. The number of fused-ring (bicyclic) bond motifs is 3. The SMILES string of the molecule is C=C(N1CCc2ncc(C(F)(F)F)cc2C1)C12CCCC1CC(NCCc1cn(C)c3ccccc13)C2. The Morgan fingerprint density at radius 3 is 2.95 bits per heavy atom. The molecule has 37 heavy (non-hydrogen) atoms. The molecule has 7 heteroatoms. The van der Waals surface area contributed by atoms with Gasteiger partial charge in [-0.2, -0.15) is 13.2 Å². The maximum Gasteiger partial charge on any atom is 0.417 e. The number of benzene rings is 1. The summed E-state index contributed by atoms with van der Waals surface area (Å²) in [5.74, 6) is 0.594. The number of pyridine rings is 1. The van der Waals surface area contributed by atoms with E-state index in [2.05, 4.69) is 63.9 Å². The zero-order chi connectivity index (χ0) is 25.8. The van der Waals surface area contributed by atoms with Crippen LogP contribution < -0.4 is 5.32 Å². The number of nitrogens with one attached hydrogen (secondary N) is 1. The highest BCUT2D eigenvalue weighted by atomic mass is 19.4. The van der Waals surface area contributed by atoms with Crippen molar-refractivity contribution in [2.75, 3.05) is 13.1 Å². The number of aromatic nitrogens is 2. The fraction of sp³-hybridized carbons (Fsp3) is 0.500. The smallest absolute Gasteiger partial charge is 0.370 e. The second kappa shape index (κ2) is 9.19. The molecule has 2 fully saturated rings. The van der Waals surface area contributed by atoms with Gasteiger partial charge in [0.05, 0.1) is 5.56 Å². The molecule has 196 valence electrons. The molecule has 0 spiro atoms. The molecule has 0 bridgehead atoms. The van der Waals surface area contributed by atoms with Crippen LogP contribution in [0.3, 0.4) is 0 Å². The summed E-state index contributed by atoms with van der Waals surface area (Å²) in [5, 5.41) is 5.18. The number of aryl methyl sites for hydroxylation is 1. The van der Waals surface area contributed by atoms with Gasteiger partial charge in [0.2, 0.25) is 0 Å². The monoisotopic (exact) mass is 508 g/mol. The molecule has 0 amide bonds. The van der Waals surface area contributed by atoms with Crippen LogP contribution in [0.4, 0.5) is 13.2 Å². The number of alkyl halides is 3. The van der Waals surface area contributed by atoms with E-state index in [0.29, 0.717) is 30.5 Å². The summed E-state index contributed by atoms with van der Waals surface area (Å²) >= 11 is 0. The summed E-state index contributed by atoms with van der Waals surface area (Å²) in [4.78, 5) is 6.40. The van der Waals surface area contributed by atoms with Crippen molar-refractivity contribution >= 4 is 10.9 Å². The lowest BCUT2D eigenvalue weighted by molar-refractivity contribution is -0.137. The van der Waals surface area contributed by atoms with E-state index < -0.39 is 11.7 Å². The van der Waals surface area contributed by atoms with Gasteiger partial charge < -0.3 is 14.8 Å². The average Bonchev–Trinajstić information content (AvgIpc) is 3.54. The van der Waals surface area contributed by atoms with Crippen molar-refractivity contribution < 1.29 is 13.2 Å². The Morgan fingerprint density at radius 2 is 2.11 bits per heavy atom. The number of allylic oxidation sites excluding steroid dienone is 1. The molecule has 2 saturated carbocycles. The van der Waals surface area contributed by atoms with Crippen LogP contribution in [0.1, 0.15) is 54.5 Å². The van der Waals surface area contributed by atoms with E-state index in [-0.39, 0.29) is 5.41 Å². The van der Waals surface area contributed by atoms with Gasteiger partial charge in [0.1, 0.15) is 0 Å². The zero-order valence-electron chi connectivity index (χ0n) is 21.4. The van der Waals surface area contributed by atoms with E-state index in [1.807, 2.05) is 0 Å². The maximum absolute atomic E-state index is 13.3. The Labute approximate surface area is 216 Å². The van der Waals surface area contributed by atoms with Gasteiger partial charge in [0.15, 0.2) is 0 Å². The van der Waals surface area contributed by atoms with E-state index in [4.69, 9.17) is 0 Å². The lowest BCUT2D eigenvalue weighted by Crippen LogP contribution is -2.39. The van der Waals surface area contributed by atoms with Gasteiger partial charge in [-0.25, -0.2) is 0 Å². The number of rotatable bonds is 6. The van der Waals surface area contributed by atoms with E-state index in [0.717, 1.165) is 56.4 Å². The van der Waals surface area contributed by atoms with Gasteiger partial charge in [-0.15, -0.1) is 0 Å². The molecule has 2 aromatic heterocycles. The Bertz CT molecular complexity index is 1330. The fourth-order valence-corrected chi connectivity index (χ4v) is 7.44. The lowest BCUT2D eigenvalue weighted by atomic mass is 9.76. The Kier molecular flexibility index (Phi) is 6.09. The Balaban J connectivity index is 1.12. The van der Waals surface area contributed by atoms with Crippen molar-refractivity contribution in [2.45, 2.75) is 63.7 Å². The third-order valence-corrected chi connectivity index (χ3v) is 9.27. The number of hydrogen-bond donors (Lipinski definition) is 1. The molecule has 3 unspecified atom stereocenters. The third kappa shape index (κ3) is 4.35. The topological polar surface area (TPSA) is 33.1 Å². The number of hydrogen-bond acceptors (Lipinski definition) is 3. The lowest BCUT2D eigenvalue weighted by Gasteiger charge is -2.42. The van der Waals surface area contributed by atoms with Crippen molar-refractivity contribution in [1.29, 1.82) is 0 Å². The van der Waals surface area contributed by atoms with Crippen LogP contribution >= 0.6 is 0 Å². The molecule has 4 nitrogen and oxygen atoms in total. The number of nitrogens with zero attached hydrogens (tertiary/aromatic N) is 3. The van der Waals surface area contributed by atoms with E-state index in [9.17, 15) is 13.2 Å². The predicted molar refractivity (Wildman–Crippen MR) is 140 cm³/mol. The summed E-state index contributed by atoms with van der Waals surface area (Å²) in [6, 6.07) is 10.3. The molecule has 3 aliphatic rings. The van der Waals surface area contributed by atoms with Crippen molar-refractivity contribution in [3.63, 3.8) is 0 Å². The highest BCUT2D eigenvalue weighted by molar-refractivity contribution is 5.83. The molecule has 0 saturated heterocycles. The number of para-hydroxylation sites is 1. The van der Waals surface area contributed by atoms with Crippen LogP contribution in [0.15, 0.2) is 55.0 Å². The summed E-state index contributed by atoms with van der Waals surface area (Å²) < 4.78 is 42.1. The second-order valence-corrected chi connectivity index (χ2v) is 11.3. The molecule has 3 aromatic rings. The first-order valence-corrected chi connectivity index (χ1v) is 13.5. The summed E-state index contributed by atoms with van der Waals surface area (Å²) in [5.41, 5.74) is 4.66. The summed E-state index contributed by atoms with van der Waals surface area (Å²) in [7, 11) is 2.10. The minimum absolute atomic E-state index is 0.0592. The highest BCUT2D eigenvalue weighted by Gasteiger charge is 2.52. The molecule has 3 heterocycles. The van der Waals surface area contributed by atoms with Crippen molar-refractivity contribution in [1.82, 2.24) is 19.8 Å². The predicted octanol–water partition coefficient (Wildman–Crippen LogP) is 6.25. The molecule has 1 aromatic carbocycles. The molecule has 2 aliphatic carbocycles. The molecule has 1 N–H and O–H groups in total. The van der Waals surface area contributed by atoms with Crippen molar-refractivity contribution in [3.05, 3.63) is 77.4 Å². The Hall–Kier alpha value is -2.80. The van der Waals surface area contributed by atoms with Crippen LogP contribution in [0, 0.1) is 11.3 Å². The van der Waals surface area contributed by atoms with Crippen molar-refractivity contribution in [2.24, 2.45) is 18.4 Å². The molecular weight excluding hydrogens is 473 g/mol. The first-order valence-electron chi connectivity index (χ1n) is 13.5. The largest absolute Gasteiger partial charge is 0.417 e. The van der Waals surface area contributed by atoms with Gasteiger partial charge in [-0.3, -0.25) is 4.98 Å². The maximum atomic E-state index is 13.3. The Morgan fingerprint density at radius 1 is 1.27 bits per heavy atom. The first kappa shape index (κ1) is 24.5. The van der Waals surface area contributed by atoms with Gasteiger partial charge >= 0.3 is 6.18 Å². The van der Waals surface area contributed by atoms with Crippen molar-refractivity contribution in [3.8, 4) is 0 Å². The zero-order valence-corrected chi connectivity index (χ0v) is 21.4. The minimum atomic E-state index is -4.37. The first-order chi connectivity index (χ1) is 17.7.